The molecule has 0 unspecified atom stereocenters. The maximum absolute atomic E-state index is 11.5. The highest BCUT2D eigenvalue weighted by Gasteiger charge is 2.01. The van der Waals surface area contributed by atoms with E-state index in [2.05, 4.69) is 15.5 Å². The average Bonchev–Trinajstić information content (AvgIpc) is 3.01. The van der Waals surface area contributed by atoms with Crippen LogP contribution in [0.5, 0.6) is 0 Å². The first-order valence-corrected chi connectivity index (χ1v) is 6.84. The van der Waals surface area contributed by atoms with Gasteiger partial charge in [-0.3, -0.25) is 5.10 Å². The Labute approximate surface area is 128 Å². The topological polar surface area (TPSA) is 90.8 Å². The van der Waals surface area contributed by atoms with Gasteiger partial charge < -0.3 is 10.1 Å². The summed E-state index contributed by atoms with van der Waals surface area (Å²) in [4.78, 5) is 11.5. The number of rotatable bonds is 6. The lowest BCUT2D eigenvalue weighted by atomic mass is 10.2. The third-order valence-electron chi connectivity index (χ3n) is 2.87. The number of alkyl carbamates (subject to hydrolysis) is 1. The van der Waals surface area contributed by atoms with Crippen molar-refractivity contribution in [3.05, 3.63) is 59.4 Å². The van der Waals surface area contributed by atoms with Crippen LogP contribution in [-0.4, -0.2) is 22.8 Å². The summed E-state index contributed by atoms with van der Waals surface area (Å²) >= 11 is 0. The van der Waals surface area contributed by atoms with Crippen molar-refractivity contribution in [3.63, 3.8) is 0 Å². The zero-order chi connectivity index (χ0) is 15.6. The second kappa shape index (κ2) is 8.27. The Kier molecular flexibility index (Phi) is 5.76. The molecule has 0 radical (unpaired) electrons. The zero-order valence-corrected chi connectivity index (χ0v) is 12.0. The third kappa shape index (κ3) is 4.80. The van der Waals surface area contributed by atoms with E-state index in [0.717, 1.165) is 11.1 Å². The molecule has 0 spiro atoms. The molecule has 6 nitrogen and oxygen atoms in total. The fraction of sp³-hybridized carbons (Fsp3) is 0.188. The molecule has 0 saturated heterocycles. The average molecular weight is 296 g/mol. The van der Waals surface area contributed by atoms with Crippen molar-refractivity contribution in [2.75, 3.05) is 6.54 Å². The minimum absolute atomic E-state index is 0.253. The number of nitriles is 1. The summed E-state index contributed by atoms with van der Waals surface area (Å²) < 4.78 is 5.08. The van der Waals surface area contributed by atoms with E-state index in [0.29, 0.717) is 18.7 Å². The van der Waals surface area contributed by atoms with Crippen LogP contribution in [0, 0.1) is 11.3 Å². The summed E-state index contributed by atoms with van der Waals surface area (Å²) in [6.45, 7) is 0.715. The van der Waals surface area contributed by atoms with Crippen molar-refractivity contribution < 1.29 is 9.53 Å². The van der Waals surface area contributed by atoms with Crippen LogP contribution in [0.25, 0.3) is 6.08 Å². The third-order valence-corrected chi connectivity index (χ3v) is 2.87. The van der Waals surface area contributed by atoms with E-state index in [1.165, 1.54) is 0 Å². The van der Waals surface area contributed by atoms with E-state index in [9.17, 15) is 4.79 Å². The highest BCUT2D eigenvalue weighted by Crippen LogP contribution is 2.05. The van der Waals surface area contributed by atoms with Crippen LogP contribution >= 0.6 is 0 Å². The minimum atomic E-state index is -0.446. The predicted molar refractivity (Wildman–Crippen MR) is 81.6 cm³/mol. The first kappa shape index (κ1) is 15.3. The Bertz CT molecular complexity index is 671. The van der Waals surface area contributed by atoms with Crippen LogP contribution in [0.3, 0.4) is 0 Å². The number of nitrogens with zero attached hydrogens (tertiary/aromatic N) is 2. The van der Waals surface area contributed by atoms with Crippen LogP contribution in [0.2, 0.25) is 0 Å². The van der Waals surface area contributed by atoms with Crippen LogP contribution < -0.4 is 5.32 Å². The number of aromatic amines is 1. The molecule has 1 amide bonds. The van der Waals surface area contributed by atoms with E-state index in [4.69, 9.17) is 10.00 Å². The fourth-order valence-electron chi connectivity index (χ4n) is 1.75. The Morgan fingerprint density at radius 3 is 3.00 bits per heavy atom. The quantitative estimate of drug-likeness (QED) is 0.802. The van der Waals surface area contributed by atoms with E-state index >= 15 is 0 Å². The summed E-state index contributed by atoms with van der Waals surface area (Å²) in [5, 5.41) is 17.8. The van der Waals surface area contributed by atoms with Gasteiger partial charge in [-0.15, -0.1) is 0 Å². The molecule has 0 aliphatic rings. The Morgan fingerprint density at radius 2 is 2.23 bits per heavy atom. The lowest BCUT2D eigenvalue weighted by Crippen LogP contribution is -2.24. The maximum Gasteiger partial charge on any atom is 0.407 e. The molecule has 1 aromatic carbocycles. The summed E-state index contributed by atoms with van der Waals surface area (Å²) in [5.74, 6) is 0. The van der Waals surface area contributed by atoms with Gasteiger partial charge in [-0.1, -0.05) is 42.5 Å². The van der Waals surface area contributed by atoms with Gasteiger partial charge in [-0.2, -0.15) is 10.4 Å². The number of hydrogen-bond donors (Lipinski definition) is 2. The molecule has 1 heterocycles. The molecule has 2 aromatic rings. The first-order chi connectivity index (χ1) is 10.8. The predicted octanol–water partition coefficient (Wildman–Crippen LogP) is 2.61. The summed E-state index contributed by atoms with van der Waals surface area (Å²) in [7, 11) is 0. The molecule has 0 saturated carbocycles. The van der Waals surface area contributed by atoms with Gasteiger partial charge in [0.05, 0.1) is 6.20 Å². The molecule has 0 aliphatic heterocycles. The SMILES string of the molecule is N#Cc1[nH]ncc1C=CCCNC(=O)OCc1ccccc1. The maximum atomic E-state index is 11.5. The largest absolute Gasteiger partial charge is 0.445 e. The van der Waals surface area contributed by atoms with Gasteiger partial charge in [-0.25, -0.2) is 4.79 Å². The van der Waals surface area contributed by atoms with Crippen LogP contribution in [0.1, 0.15) is 23.2 Å². The molecule has 2 rings (SSSR count). The molecule has 0 atom stereocenters. The van der Waals surface area contributed by atoms with Crippen molar-refractivity contribution in [2.45, 2.75) is 13.0 Å². The number of ether oxygens (including phenoxy) is 1. The Balaban J connectivity index is 1.64. The van der Waals surface area contributed by atoms with E-state index in [-0.39, 0.29) is 6.61 Å². The summed E-state index contributed by atoms with van der Waals surface area (Å²) in [5.41, 5.74) is 2.10. The first-order valence-electron chi connectivity index (χ1n) is 6.84. The molecule has 0 aliphatic carbocycles. The van der Waals surface area contributed by atoms with E-state index in [1.807, 2.05) is 42.5 Å². The van der Waals surface area contributed by atoms with Crippen LogP contribution in [0.15, 0.2) is 42.6 Å². The molecule has 6 heteroatoms. The van der Waals surface area contributed by atoms with Gasteiger partial charge in [-0.05, 0) is 12.0 Å². The number of benzene rings is 1. The molecule has 0 fully saturated rings. The van der Waals surface area contributed by atoms with Gasteiger partial charge in [0, 0.05) is 12.1 Å². The standard InChI is InChI=1S/C16H16N4O2/c17-10-15-14(11-19-20-15)8-4-5-9-18-16(21)22-12-13-6-2-1-3-7-13/h1-4,6-8,11H,5,9,12H2,(H,18,21)(H,19,20). The Hall–Kier alpha value is -3.07. The minimum Gasteiger partial charge on any atom is -0.445 e. The number of carbonyl (C=O) groups excluding carboxylic acids is 1. The molecular weight excluding hydrogens is 280 g/mol. The highest BCUT2D eigenvalue weighted by atomic mass is 16.5. The zero-order valence-electron chi connectivity index (χ0n) is 12.0. The number of carbonyl (C=O) groups is 1. The van der Waals surface area contributed by atoms with Crippen molar-refractivity contribution >= 4 is 12.2 Å². The van der Waals surface area contributed by atoms with E-state index in [1.54, 1.807) is 12.3 Å². The summed E-state index contributed by atoms with van der Waals surface area (Å²) in [6.07, 6.45) is 5.42. The van der Waals surface area contributed by atoms with Gasteiger partial charge >= 0.3 is 6.09 Å². The molecule has 22 heavy (non-hydrogen) atoms. The summed E-state index contributed by atoms with van der Waals surface area (Å²) in [6, 6.07) is 11.5. The van der Waals surface area contributed by atoms with Crippen LogP contribution in [-0.2, 0) is 11.3 Å². The van der Waals surface area contributed by atoms with Crippen molar-refractivity contribution in [3.8, 4) is 6.07 Å². The molecule has 112 valence electrons. The van der Waals surface area contributed by atoms with Crippen molar-refractivity contribution in [1.82, 2.24) is 15.5 Å². The molecule has 1 aromatic heterocycles. The van der Waals surface area contributed by atoms with E-state index < -0.39 is 6.09 Å². The van der Waals surface area contributed by atoms with Gasteiger partial charge in [0.25, 0.3) is 0 Å². The lowest BCUT2D eigenvalue weighted by molar-refractivity contribution is 0.140. The monoisotopic (exact) mass is 296 g/mol. The fourth-order valence-corrected chi connectivity index (χ4v) is 1.75. The number of H-pyrrole nitrogens is 1. The molecule has 0 bridgehead atoms. The number of nitrogens with one attached hydrogen (secondary N) is 2. The highest BCUT2D eigenvalue weighted by molar-refractivity contribution is 5.67. The molecular formula is C16H16N4O2. The van der Waals surface area contributed by atoms with Gasteiger partial charge in [0.1, 0.15) is 18.4 Å². The number of aromatic nitrogens is 2. The van der Waals surface area contributed by atoms with Crippen molar-refractivity contribution in [2.24, 2.45) is 0 Å². The van der Waals surface area contributed by atoms with Crippen molar-refractivity contribution in [1.29, 1.82) is 5.26 Å². The number of hydrogen-bond acceptors (Lipinski definition) is 4. The van der Waals surface area contributed by atoms with Gasteiger partial charge in [0.15, 0.2) is 0 Å². The van der Waals surface area contributed by atoms with Crippen LogP contribution in [0.4, 0.5) is 4.79 Å². The second-order valence-electron chi connectivity index (χ2n) is 4.49. The second-order valence-corrected chi connectivity index (χ2v) is 4.49. The number of amides is 1. The smallest absolute Gasteiger partial charge is 0.407 e. The normalized spacial score (nSPS) is 10.3. The Morgan fingerprint density at radius 1 is 1.41 bits per heavy atom. The molecule has 2 N–H and O–H groups in total. The lowest BCUT2D eigenvalue weighted by Gasteiger charge is -2.05. The van der Waals surface area contributed by atoms with Gasteiger partial charge in [0.2, 0.25) is 0 Å².